The zero-order valence-electron chi connectivity index (χ0n) is 20.3. The first-order chi connectivity index (χ1) is 17.1. The highest BCUT2D eigenvalue weighted by Crippen LogP contribution is 2.20. The largest absolute Gasteiger partial charge is 0.399 e. The van der Waals surface area contributed by atoms with Crippen molar-refractivity contribution < 1.29 is 5.11 Å². The molecule has 0 unspecified atom stereocenters. The predicted molar refractivity (Wildman–Crippen MR) is 149 cm³/mol. The smallest absolute Gasteiger partial charge is 0.226 e. The van der Waals surface area contributed by atoms with Crippen LogP contribution in [-0.4, -0.2) is 76.8 Å². The van der Waals surface area contributed by atoms with Gasteiger partial charge in [-0.1, -0.05) is 41.9 Å². The number of hydrogen-bond acceptors (Lipinski definition) is 10. The monoisotopic (exact) mass is 520 g/mol. The fourth-order valence-corrected chi connectivity index (χ4v) is 3.87. The van der Waals surface area contributed by atoms with Gasteiger partial charge in [0.15, 0.2) is 0 Å². The van der Waals surface area contributed by atoms with E-state index >= 15 is 0 Å². The summed E-state index contributed by atoms with van der Waals surface area (Å²) in [6.07, 6.45) is 6.01. The Morgan fingerprint density at radius 2 is 2.03 bits per heavy atom. The molecule has 0 bridgehead atoms. The van der Waals surface area contributed by atoms with Crippen molar-refractivity contribution in [1.29, 1.82) is 0 Å². The minimum absolute atomic E-state index is 0.0796. The van der Waals surface area contributed by atoms with Crippen molar-refractivity contribution in [3.63, 3.8) is 0 Å². The Balaban J connectivity index is 0.00000210. The van der Waals surface area contributed by atoms with Crippen molar-refractivity contribution in [1.82, 2.24) is 19.9 Å². The summed E-state index contributed by atoms with van der Waals surface area (Å²) in [6.45, 7) is 7.49. The molecule has 2 heterocycles. The normalized spacial score (nSPS) is 14.6. The second kappa shape index (κ2) is 16.2. The Labute approximate surface area is 218 Å². The molecule has 35 heavy (non-hydrogen) atoms. The number of halogens is 1. The first-order valence-electron chi connectivity index (χ1n) is 11.6. The van der Waals surface area contributed by atoms with Crippen LogP contribution < -0.4 is 16.4 Å². The molecular weight excluding hydrogens is 484 g/mol. The summed E-state index contributed by atoms with van der Waals surface area (Å²) in [6, 6.07) is 12.6. The molecule has 1 aromatic carbocycles. The molecular formula is C24H37ClN8OS. The number of hydrogen-bond donors (Lipinski definition) is 5. The molecule has 1 fully saturated rings. The average Bonchev–Trinajstić information content (AvgIpc) is 2.88. The number of aliphatic hydroxyl groups excluding tert-OH is 1. The molecule has 2 aromatic rings. The van der Waals surface area contributed by atoms with E-state index in [2.05, 4.69) is 74.2 Å². The van der Waals surface area contributed by atoms with E-state index < -0.39 is 0 Å². The van der Waals surface area contributed by atoms with Crippen molar-refractivity contribution in [3.8, 4) is 0 Å². The zero-order valence-corrected chi connectivity index (χ0v) is 21.9. The lowest BCUT2D eigenvalue weighted by atomic mass is 10.0. The van der Waals surface area contributed by atoms with Crippen LogP contribution in [0.3, 0.4) is 0 Å². The van der Waals surface area contributed by atoms with Gasteiger partial charge in [-0.3, -0.25) is 9.91 Å². The minimum atomic E-state index is 0.0796. The van der Waals surface area contributed by atoms with Gasteiger partial charge in [-0.15, -0.1) is 0 Å². The lowest BCUT2D eigenvalue weighted by molar-refractivity contribution is 0.211. The SMILES string of the molecule is C=NN(/C=C(\N)CNc1nc(Cl)cc(NC2CCN(Cc3ccccc3)CC2)n1)CCCO.CS. The van der Waals surface area contributed by atoms with Crippen LogP contribution in [0.2, 0.25) is 5.15 Å². The van der Waals surface area contributed by atoms with Crippen molar-refractivity contribution in [2.75, 3.05) is 49.7 Å². The topological polar surface area (TPSA) is 115 Å². The number of rotatable bonds is 12. The van der Waals surface area contributed by atoms with Gasteiger partial charge >= 0.3 is 0 Å². The van der Waals surface area contributed by atoms with Crippen molar-refractivity contribution >= 4 is 42.7 Å². The van der Waals surface area contributed by atoms with Crippen LogP contribution in [0.15, 0.2) is 53.4 Å². The van der Waals surface area contributed by atoms with E-state index in [4.69, 9.17) is 22.4 Å². The van der Waals surface area contributed by atoms with Crippen molar-refractivity contribution in [2.24, 2.45) is 10.8 Å². The maximum atomic E-state index is 8.95. The fraction of sp³-hybridized carbons (Fsp3) is 0.458. The number of likely N-dealkylation sites (tertiary alicyclic amines) is 1. The summed E-state index contributed by atoms with van der Waals surface area (Å²) in [5.41, 5.74) is 7.94. The molecule has 192 valence electrons. The number of hydrazone groups is 1. The maximum Gasteiger partial charge on any atom is 0.226 e. The molecule has 0 saturated carbocycles. The van der Waals surface area contributed by atoms with Gasteiger partial charge in [-0.2, -0.15) is 22.7 Å². The molecule has 1 aliphatic rings. The third-order valence-electron chi connectivity index (χ3n) is 5.38. The second-order valence-corrected chi connectivity index (χ2v) is 8.41. The molecule has 0 aliphatic carbocycles. The molecule has 5 N–H and O–H groups in total. The Kier molecular flexibility index (Phi) is 13.3. The van der Waals surface area contributed by atoms with E-state index in [1.165, 1.54) is 5.56 Å². The lowest BCUT2D eigenvalue weighted by Crippen LogP contribution is -2.38. The summed E-state index contributed by atoms with van der Waals surface area (Å²) in [5, 5.41) is 21.3. The highest BCUT2D eigenvalue weighted by Gasteiger charge is 2.20. The standard InChI is InChI=1S/C23H33ClN8O.CH4S/c1-26-32(10-5-13-33)17-19(25)15-27-23-29-21(24)14-22(30-23)28-20-8-11-31(12-9-20)16-18-6-3-2-4-7-18;1-2/h2-4,6-7,14,17,20,33H,1,5,8-13,15-16,25H2,(H2,27,28,29,30);2H,1H3/b19-17-;. The number of nitrogens with one attached hydrogen (secondary N) is 2. The van der Waals surface area contributed by atoms with E-state index in [0.29, 0.717) is 48.2 Å². The number of thiol groups is 1. The third kappa shape index (κ3) is 10.7. The van der Waals surface area contributed by atoms with Crippen LogP contribution in [0.1, 0.15) is 24.8 Å². The summed E-state index contributed by atoms with van der Waals surface area (Å²) in [4.78, 5) is 11.3. The van der Waals surface area contributed by atoms with Crippen LogP contribution in [0.4, 0.5) is 11.8 Å². The Morgan fingerprint density at radius 3 is 2.69 bits per heavy atom. The van der Waals surface area contributed by atoms with Gasteiger partial charge in [-0.05, 0) is 31.1 Å². The number of aliphatic hydroxyl groups is 1. The minimum Gasteiger partial charge on any atom is -0.399 e. The quantitative estimate of drug-likeness (QED) is 0.125. The van der Waals surface area contributed by atoms with Crippen molar-refractivity contribution in [2.45, 2.75) is 31.8 Å². The van der Waals surface area contributed by atoms with Crippen LogP contribution in [0, 0.1) is 0 Å². The molecule has 0 atom stereocenters. The first-order valence-corrected chi connectivity index (χ1v) is 12.9. The van der Waals surface area contributed by atoms with E-state index in [-0.39, 0.29) is 6.61 Å². The van der Waals surface area contributed by atoms with Gasteiger partial charge in [0.25, 0.3) is 0 Å². The number of benzene rings is 1. The maximum absolute atomic E-state index is 8.95. The van der Waals surface area contributed by atoms with E-state index in [1.807, 2.05) is 6.07 Å². The second-order valence-electron chi connectivity index (χ2n) is 8.02. The fourth-order valence-electron chi connectivity index (χ4n) is 3.68. The molecule has 1 saturated heterocycles. The third-order valence-corrected chi connectivity index (χ3v) is 5.57. The van der Waals surface area contributed by atoms with Gasteiger partial charge in [-0.25, -0.2) is 4.98 Å². The van der Waals surface area contributed by atoms with Crippen LogP contribution >= 0.6 is 24.2 Å². The van der Waals surface area contributed by atoms with Crippen LogP contribution in [0.25, 0.3) is 0 Å². The molecule has 1 aromatic heterocycles. The molecule has 0 amide bonds. The number of aromatic nitrogens is 2. The van der Waals surface area contributed by atoms with Gasteiger partial charge in [0.05, 0.1) is 6.54 Å². The van der Waals surface area contributed by atoms with Gasteiger partial charge in [0.2, 0.25) is 5.95 Å². The van der Waals surface area contributed by atoms with E-state index in [1.54, 1.807) is 23.5 Å². The highest BCUT2D eigenvalue weighted by atomic mass is 35.5. The molecule has 9 nitrogen and oxygen atoms in total. The molecule has 0 radical (unpaired) electrons. The van der Waals surface area contributed by atoms with E-state index in [0.717, 1.165) is 32.5 Å². The number of nitrogens with zero attached hydrogens (tertiary/aromatic N) is 5. The number of piperidine rings is 1. The first kappa shape index (κ1) is 28.7. The lowest BCUT2D eigenvalue weighted by Gasteiger charge is -2.32. The Bertz CT molecular complexity index is 910. The highest BCUT2D eigenvalue weighted by molar-refractivity contribution is 7.79. The van der Waals surface area contributed by atoms with Gasteiger partial charge in [0.1, 0.15) is 11.0 Å². The summed E-state index contributed by atoms with van der Waals surface area (Å²) < 4.78 is 0. The predicted octanol–water partition coefficient (Wildman–Crippen LogP) is 3.26. The Morgan fingerprint density at radius 1 is 1.31 bits per heavy atom. The molecule has 0 spiro atoms. The zero-order chi connectivity index (χ0) is 25.5. The molecule has 3 rings (SSSR count). The number of anilines is 2. The van der Waals surface area contributed by atoms with Crippen LogP contribution in [0.5, 0.6) is 0 Å². The van der Waals surface area contributed by atoms with Crippen molar-refractivity contribution in [3.05, 3.63) is 59.0 Å². The van der Waals surface area contributed by atoms with Gasteiger partial charge in [0, 0.05) is 63.5 Å². The average molecular weight is 521 g/mol. The molecule has 1 aliphatic heterocycles. The Hall–Kier alpha value is -2.53. The summed E-state index contributed by atoms with van der Waals surface area (Å²) in [5.74, 6) is 1.09. The summed E-state index contributed by atoms with van der Waals surface area (Å²) >= 11 is 9.75. The van der Waals surface area contributed by atoms with E-state index in [9.17, 15) is 0 Å². The van der Waals surface area contributed by atoms with Crippen LogP contribution in [-0.2, 0) is 6.54 Å². The summed E-state index contributed by atoms with van der Waals surface area (Å²) in [7, 11) is 0. The van der Waals surface area contributed by atoms with Gasteiger partial charge < -0.3 is 21.5 Å². The molecule has 11 heteroatoms. The number of nitrogens with two attached hydrogens (primary N) is 1.